The van der Waals surface area contributed by atoms with E-state index in [0.717, 1.165) is 29.8 Å². The van der Waals surface area contributed by atoms with Crippen molar-refractivity contribution in [2.75, 3.05) is 18.4 Å². The highest BCUT2D eigenvalue weighted by molar-refractivity contribution is 7.89. The van der Waals surface area contributed by atoms with Crippen LogP contribution in [0, 0.1) is 0 Å². The first-order chi connectivity index (χ1) is 14.4. The summed E-state index contributed by atoms with van der Waals surface area (Å²) in [6, 6.07) is 14.1. The van der Waals surface area contributed by atoms with Gasteiger partial charge in [-0.05, 0) is 31.0 Å². The number of rotatable bonds is 5. The van der Waals surface area contributed by atoms with E-state index in [2.05, 4.69) is 10.3 Å². The first kappa shape index (κ1) is 21.0. The number of benzene rings is 2. The molecule has 1 aromatic heterocycles. The summed E-state index contributed by atoms with van der Waals surface area (Å²) in [6.07, 6.45) is 4.21. The molecule has 1 aliphatic heterocycles. The predicted molar refractivity (Wildman–Crippen MR) is 120 cm³/mol. The Balaban J connectivity index is 1.55. The summed E-state index contributed by atoms with van der Waals surface area (Å²) in [6.45, 7) is 0.969. The summed E-state index contributed by atoms with van der Waals surface area (Å²) >= 11 is 7.47. The number of piperidine rings is 1. The number of halogens is 1. The van der Waals surface area contributed by atoms with Crippen molar-refractivity contribution in [2.24, 2.45) is 0 Å². The molecule has 1 saturated heterocycles. The molecule has 9 heteroatoms. The highest BCUT2D eigenvalue weighted by Gasteiger charge is 2.28. The van der Waals surface area contributed by atoms with E-state index in [-0.39, 0.29) is 15.8 Å². The zero-order valence-corrected chi connectivity index (χ0v) is 18.4. The van der Waals surface area contributed by atoms with Gasteiger partial charge in [0, 0.05) is 24.3 Å². The number of nitrogens with one attached hydrogen (secondary N) is 1. The molecular weight excluding hydrogens is 442 g/mol. The van der Waals surface area contributed by atoms with Crippen LogP contribution in [-0.2, 0) is 10.0 Å². The third kappa shape index (κ3) is 4.41. The average Bonchev–Trinajstić information content (AvgIpc) is 3.27. The fourth-order valence-corrected chi connectivity index (χ4v) is 6.14. The molecule has 1 N–H and O–H groups in total. The van der Waals surface area contributed by atoms with E-state index in [4.69, 9.17) is 11.6 Å². The first-order valence-electron chi connectivity index (χ1n) is 9.57. The highest BCUT2D eigenvalue weighted by Crippen LogP contribution is 2.30. The highest BCUT2D eigenvalue weighted by atomic mass is 35.5. The summed E-state index contributed by atoms with van der Waals surface area (Å²) < 4.78 is 27.5. The largest absolute Gasteiger partial charge is 0.321 e. The maximum absolute atomic E-state index is 13.0. The first-order valence-corrected chi connectivity index (χ1v) is 12.2. The number of hydrogen-bond acceptors (Lipinski definition) is 5. The minimum Gasteiger partial charge on any atom is -0.321 e. The van der Waals surface area contributed by atoms with Crippen molar-refractivity contribution in [3.8, 4) is 10.6 Å². The van der Waals surface area contributed by atoms with Crippen LogP contribution in [-0.4, -0.2) is 36.7 Å². The molecule has 156 valence electrons. The third-order valence-electron chi connectivity index (χ3n) is 4.87. The van der Waals surface area contributed by atoms with E-state index in [1.165, 1.54) is 34.0 Å². The third-order valence-corrected chi connectivity index (χ3v) is 8.30. The molecule has 6 nitrogen and oxygen atoms in total. The topological polar surface area (TPSA) is 79.4 Å². The molecule has 30 heavy (non-hydrogen) atoms. The number of carbonyl (C=O) groups is 1. The maximum Gasteiger partial charge on any atom is 0.267 e. The fraction of sp³-hybridized carbons (Fsp3) is 0.238. The lowest BCUT2D eigenvalue weighted by Crippen LogP contribution is -2.35. The number of carbonyl (C=O) groups excluding carboxylic acids is 1. The van der Waals surface area contributed by atoms with Gasteiger partial charge in [-0.25, -0.2) is 13.4 Å². The number of hydrogen-bond donors (Lipinski definition) is 1. The average molecular weight is 462 g/mol. The molecule has 0 spiro atoms. The zero-order chi connectivity index (χ0) is 21.1. The van der Waals surface area contributed by atoms with Gasteiger partial charge in [0.15, 0.2) is 0 Å². The Kier molecular flexibility index (Phi) is 6.19. The van der Waals surface area contributed by atoms with Gasteiger partial charge in [0.25, 0.3) is 5.91 Å². The van der Waals surface area contributed by atoms with Gasteiger partial charge < -0.3 is 5.32 Å². The van der Waals surface area contributed by atoms with Gasteiger partial charge in [-0.3, -0.25) is 4.79 Å². The van der Waals surface area contributed by atoms with E-state index in [0.29, 0.717) is 23.7 Å². The van der Waals surface area contributed by atoms with Gasteiger partial charge in [-0.1, -0.05) is 48.4 Å². The van der Waals surface area contributed by atoms with Crippen LogP contribution in [0.1, 0.15) is 28.9 Å². The van der Waals surface area contributed by atoms with Crippen LogP contribution in [0.25, 0.3) is 10.6 Å². The molecule has 0 saturated carbocycles. The van der Waals surface area contributed by atoms with Gasteiger partial charge in [-0.15, -0.1) is 11.3 Å². The van der Waals surface area contributed by atoms with Crippen molar-refractivity contribution in [3.05, 3.63) is 64.6 Å². The normalized spacial score (nSPS) is 15.1. The SMILES string of the molecule is O=C(Nc1ccc(Cl)c(S(=O)(=O)N2CCCCC2)c1)c1cnc(-c2ccccc2)s1. The Morgan fingerprint density at radius 2 is 1.80 bits per heavy atom. The summed E-state index contributed by atoms with van der Waals surface area (Å²) in [5, 5.41) is 3.64. The Bertz CT molecular complexity index is 1160. The van der Waals surface area contributed by atoms with Gasteiger partial charge in [-0.2, -0.15) is 4.31 Å². The van der Waals surface area contributed by atoms with Crippen molar-refractivity contribution < 1.29 is 13.2 Å². The van der Waals surface area contributed by atoms with Crippen LogP contribution < -0.4 is 5.32 Å². The van der Waals surface area contributed by atoms with Crippen LogP contribution in [0.2, 0.25) is 5.02 Å². The van der Waals surface area contributed by atoms with Crippen LogP contribution in [0.15, 0.2) is 59.6 Å². The number of nitrogens with zero attached hydrogens (tertiary/aromatic N) is 2. The Hall–Kier alpha value is -2.26. The monoisotopic (exact) mass is 461 g/mol. The van der Waals surface area contributed by atoms with E-state index < -0.39 is 10.0 Å². The van der Waals surface area contributed by atoms with Crippen LogP contribution in [0.5, 0.6) is 0 Å². The molecule has 1 aliphatic rings. The quantitative estimate of drug-likeness (QED) is 0.586. The van der Waals surface area contributed by atoms with Crippen molar-refractivity contribution in [3.63, 3.8) is 0 Å². The Morgan fingerprint density at radius 3 is 2.53 bits per heavy atom. The fourth-order valence-electron chi connectivity index (χ4n) is 3.31. The molecule has 0 unspecified atom stereocenters. The lowest BCUT2D eigenvalue weighted by molar-refractivity contribution is 0.103. The molecule has 4 rings (SSSR count). The van der Waals surface area contributed by atoms with Crippen molar-refractivity contribution in [1.29, 1.82) is 0 Å². The zero-order valence-electron chi connectivity index (χ0n) is 16.0. The summed E-state index contributed by atoms with van der Waals surface area (Å²) in [5.74, 6) is -0.349. The molecular formula is C21H20ClN3O3S2. The lowest BCUT2D eigenvalue weighted by atomic mass is 10.2. The van der Waals surface area contributed by atoms with Gasteiger partial charge >= 0.3 is 0 Å². The Labute approximate surface area is 184 Å². The summed E-state index contributed by atoms with van der Waals surface area (Å²) in [4.78, 5) is 17.4. The second-order valence-electron chi connectivity index (χ2n) is 6.96. The van der Waals surface area contributed by atoms with Gasteiger partial charge in [0.05, 0.1) is 11.2 Å². The standard InChI is InChI=1S/C21H20ClN3O3S2/c22-17-10-9-16(13-19(17)30(27,28)25-11-5-2-6-12-25)24-20(26)18-14-23-21(29-18)15-7-3-1-4-8-15/h1,3-4,7-10,13-14H,2,5-6,11-12H2,(H,24,26). The number of amides is 1. The lowest BCUT2D eigenvalue weighted by Gasteiger charge is -2.26. The number of sulfonamides is 1. The van der Waals surface area contributed by atoms with Crippen LogP contribution >= 0.6 is 22.9 Å². The summed E-state index contributed by atoms with van der Waals surface area (Å²) in [7, 11) is -3.71. The molecule has 2 aromatic carbocycles. The minimum absolute atomic E-state index is 0.0122. The van der Waals surface area contributed by atoms with Crippen molar-refractivity contribution >= 4 is 44.6 Å². The molecule has 1 amide bonds. The van der Waals surface area contributed by atoms with Crippen LogP contribution in [0.4, 0.5) is 5.69 Å². The van der Waals surface area contributed by atoms with E-state index in [1.54, 1.807) is 6.07 Å². The molecule has 0 aliphatic carbocycles. The number of aromatic nitrogens is 1. The molecule has 2 heterocycles. The van der Waals surface area contributed by atoms with Gasteiger partial charge in [0.1, 0.15) is 14.8 Å². The molecule has 3 aromatic rings. The number of anilines is 1. The van der Waals surface area contributed by atoms with E-state index in [9.17, 15) is 13.2 Å². The van der Waals surface area contributed by atoms with Gasteiger partial charge in [0.2, 0.25) is 10.0 Å². The van der Waals surface area contributed by atoms with Crippen LogP contribution in [0.3, 0.4) is 0 Å². The second-order valence-corrected chi connectivity index (χ2v) is 10.3. The summed E-state index contributed by atoms with van der Waals surface area (Å²) in [5.41, 5.74) is 1.30. The van der Waals surface area contributed by atoms with E-state index >= 15 is 0 Å². The number of thiazole rings is 1. The van der Waals surface area contributed by atoms with Crippen molar-refractivity contribution in [2.45, 2.75) is 24.2 Å². The maximum atomic E-state index is 13.0. The Morgan fingerprint density at radius 1 is 1.07 bits per heavy atom. The second kappa shape index (κ2) is 8.85. The molecule has 0 bridgehead atoms. The smallest absolute Gasteiger partial charge is 0.267 e. The molecule has 0 atom stereocenters. The minimum atomic E-state index is -3.71. The molecule has 1 fully saturated rings. The predicted octanol–water partition coefficient (Wildman–Crippen LogP) is 4.89. The molecule has 0 radical (unpaired) electrons. The van der Waals surface area contributed by atoms with Crippen molar-refractivity contribution in [1.82, 2.24) is 9.29 Å². The van der Waals surface area contributed by atoms with E-state index in [1.807, 2.05) is 30.3 Å².